The number of amides is 2. The lowest BCUT2D eigenvalue weighted by Gasteiger charge is -2.34. The minimum absolute atomic E-state index is 0.0368. The van der Waals surface area contributed by atoms with Crippen LogP contribution in [0, 0.1) is 13.8 Å². The summed E-state index contributed by atoms with van der Waals surface area (Å²) < 4.78 is 29.2. The number of halogens is 1. The van der Waals surface area contributed by atoms with Crippen LogP contribution in [0.1, 0.15) is 22.3 Å². The van der Waals surface area contributed by atoms with Crippen LogP contribution in [0.15, 0.2) is 108 Å². The summed E-state index contributed by atoms with van der Waals surface area (Å²) in [7, 11) is -2.66. The van der Waals surface area contributed by atoms with Gasteiger partial charge in [-0.1, -0.05) is 90.5 Å². The second-order valence-electron chi connectivity index (χ2n) is 9.98. The Balaban J connectivity index is 1.82. The van der Waals surface area contributed by atoms with Gasteiger partial charge in [0.1, 0.15) is 12.6 Å². The Morgan fingerprint density at radius 2 is 1.45 bits per heavy atom. The standard InChI is InChI=1S/C33H34ClN3O4S/c1-24-13-10-11-16-27(24)22-36(31(33(39)35-3)21-26-14-6-4-7-15-26)32(38)23-37(30-20-12-19-29(34)25(30)2)42(40,41)28-17-8-5-9-18-28/h4-20,31H,21-23H2,1-3H3,(H,35,39)/t31-/m0/s1. The highest BCUT2D eigenvalue weighted by Crippen LogP contribution is 2.31. The number of sulfonamides is 1. The SMILES string of the molecule is CNC(=O)[C@H](Cc1ccccc1)N(Cc1ccccc1C)C(=O)CN(c1cccc(Cl)c1C)S(=O)(=O)c1ccccc1. The quantitative estimate of drug-likeness (QED) is 0.244. The van der Waals surface area contributed by atoms with Crippen LogP contribution in [0.25, 0.3) is 0 Å². The minimum Gasteiger partial charge on any atom is -0.357 e. The van der Waals surface area contributed by atoms with Crippen LogP contribution in [0.5, 0.6) is 0 Å². The second kappa shape index (κ2) is 13.7. The summed E-state index contributed by atoms with van der Waals surface area (Å²) in [5, 5.41) is 3.07. The molecule has 0 saturated carbocycles. The third-order valence-electron chi connectivity index (χ3n) is 7.24. The molecule has 0 aliphatic heterocycles. The summed E-state index contributed by atoms with van der Waals surface area (Å²) in [6.07, 6.45) is 0.250. The van der Waals surface area contributed by atoms with Gasteiger partial charge in [0.25, 0.3) is 10.0 Å². The lowest BCUT2D eigenvalue weighted by Crippen LogP contribution is -2.53. The van der Waals surface area contributed by atoms with E-state index in [4.69, 9.17) is 11.6 Å². The van der Waals surface area contributed by atoms with Crippen molar-refractivity contribution in [1.82, 2.24) is 10.2 Å². The van der Waals surface area contributed by atoms with Crippen molar-refractivity contribution >= 4 is 39.1 Å². The zero-order valence-electron chi connectivity index (χ0n) is 23.8. The molecule has 7 nitrogen and oxygen atoms in total. The van der Waals surface area contributed by atoms with E-state index in [1.54, 1.807) is 43.3 Å². The van der Waals surface area contributed by atoms with E-state index in [0.717, 1.165) is 21.0 Å². The average Bonchev–Trinajstić information content (AvgIpc) is 3.00. The van der Waals surface area contributed by atoms with Crippen molar-refractivity contribution in [2.24, 2.45) is 0 Å². The molecule has 0 aliphatic rings. The van der Waals surface area contributed by atoms with Crippen molar-refractivity contribution in [2.45, 2.75) is 37.8 Å². The molecule has 0 unspecified atom stereocenters. The van der Waals surface area contributed by atoms with Gasteiger partial charge in [0.05, 0.1) is 10.6 Å². The molecule has 1 N–H and O–H groups in total. The summed E-state index contributed by atoms with van der Waals surface area (Å²) in [6.45, 7) is 3.23. The van der Waals surface area contributed by atoms with Crippen LogP contribution in [0.4, 0.5) is 5.69 Å². The number of carbonyl (C=O) groups excluding carboxylic acids is 2. The molecular weight excluding hydrogens is 570 g/mol. The number of likely N-dealkylation sites (N-methyl/N-ethyl adjacent to an activating group) is 1. The lowest BCUT2D eigenvalue weighted by molar-refractivity contribution is -0.139. The predicted octanol–water partition coefficient (Wildman–Crippen LogP) is 5.54. The van der Waals surface area contributed by atoms with Crippen molar-refractivity contribution in [2.75, 3.05) is 17.9 Å². The molecule has 0 bridgehead atoms. The summed E-state index contributed by atoms with van der Waals surface area (Å²) >= 11 is 6.41. The van der Waals surface area contributed by atoms with Gasteiger partial charge in [-0.05, 0) is 60.4 Å². The fraction of sp³-hybridized carbons (Fsp3) is 0.212. The van der Waals surface area contributed by atoms with Gasteiger partial charge in [-0.15, -0.1) is 0 Å². The van der Waals surface area contributed by atoms with Crippen molar-refractivity contribution in [3.05, 3.63) is 130 Å². The zero-order valence-corrected chi connectivity index (χ0v) is 25.4. The van der Waals surface area contributed by atoms with Gasteiger partial charge in [-0.2, -0.15) is 0 Å². The predicted molar refractivity (Wildman–Crippen MR) is 167 cm³/mol. The molecule has 42 heavy (non-hydrogen) atoms. The third-order valence-corrected chi connectivity index (χ3v) is 9.42. The van der Waals surface area contributed by atoms with Gasteiger partial charge < -0.3 is 10.2 Å². The van der Waals surface area contributed by atoms with E-state index in [2.05, 4.69) is 5.32 Å². The van der Waals surface area contributed by atoms with Crippen LogP contribution >= 0.6 is 11.6 Å². The maximum atomic E-state index is 14.4. The molecule has 0 spiro atoms. The molecule has 4 rings (SSSR count). The molecule has 1 atom stereocenters. The van der Waals surface area contributed by atoms with Crippen molar-refractivity contribution < 1.29 is 18.0 Å². The van der Waals surface area contributed by atoms with E-state index in [9.17, 15) is 18.0 Å². The van der Waals surface area contributed by atoms with E-state index in [0.29, 0.717) is 10.6 Å². The number of rotatable bonds is 11. The average molecular weight is 604 g/mol. The molecule has 0 saturated heterocycles. The first-order valence-corrected chi connectivity index (χ1v) is 15.4. The molecule has 0 radical (unpaired) electrons. The number of nitrogens with zero attached hydrogens (tertiary/aromatic N) is 2. The van der Waals surface area contributed by atoms with Crippen LogP contribution in [0.3, 0.4) is 0 Å². The number of anilines is 1. The van der Waals surface area contributed by atoms with Crippen molar-refractivity contribution in [3.8, 4) is 0 Å². The second-order valence-corrected chi connectivity index (χ2v) is 12.2. The lowest BCUT2D eigenvalue weighted by atomic mass is 10.0. The molecule has 2 amide bonds. The van der Waals surface area contributed by atoms with Gasteiger partial charge in [0, 0.05) is 25.0 Å². The molecule has 0 aromatic heterocycles. The van der Waals surface area contributed by atoms with Crippen LogP contribution in [-0.4, -0.2) is 44.8 Å². The monoisotopic (exact) mass is 603 g/mol. The van der Waals surface area contributed by atoms with E-state index in [-0.39, 0.29) is 29.5 Å². The highest BCUT2D eigenvalue weighted by atomic mass is 35.5. The number of aryl methyl sites for hydroxylation is 1. The topological polar surface area (TPSA) is 86.8 Å². The van der Waals surface area contributed by atoms with E-state index < -0.39 is 28.5 Å². The van der Waals surface area contributed by atoms with Gasteiger partial charge >= 0.3 is 0 Å². The Labute approximate surface area is 252 Å². The van der Waals surface area contributed by atoms with Gasteiger partial charge in [0.15, 0.2) is 0 Å². The van der Waals surface area contributed by atoms with Crippen LogP contribution in [0.2, 0.25) is 5.02 Å². The number of hydrogen-bond acceptors (Lipinski definition) is 4. The highest BCUT2D eigenvalue weighted by Gasteiger charge is 2.35. The molecular formula is C33H34ClN3O4S. The first-order chi connectivity index (χ1) is 20.1. The summed E-state index contributed by atoms with van der Waals surface area (Å²) in [4.78, 5) is 29.2. The molecule has 4 aromatic carbocycles. The van der Waals surface area contributed by atoms with E-state index >= 15 is 0 Å². The Morgan fingerprint density at radius 3 is 2.10 bits per heavy atom. The van der Waals surface area contributed by atoms with Crippen LogP contribution in [-0.2, 0) is 32.6 Å². The molecule has 0 fully saturated rings. The summed E-state index contributed by atoms with van der Waals surface area (Å²) in [5.41, 5.74) is 3.47. The van der Waals surface area contributed by atoms with Crippen LogP contribution < -0.4 is 9.62 Å². The Kier molecular flexibility index (Phi) is 10.0. The zero-order chi connectivity index (χ0) is 30.3. The molecule has 4 aromatic rings. The molecule has 0 aliphatic carbocycles. The van der Waals surface area contributed by atoms with Gasteiger partial charge in [-0.3, -0.25) is 13.9 Å². The summed E-state index contributed by atoms with van der Waals surface area (Å²) in [5.74, 6) is -0.876. The van der Waals surface area contributed by atoms with E-state index in [1.165, 1.54) is 24.1 Å². The highest BCUT2D eigenvalue weighted by molar-refractivity contribution is 7.92. The van der Waals surface area contributed by atoms with Gasteiger partial charge in [-0.25, -0.2) is 8.42 Å². The number of benzene rings is 4. The normalized spacial score (nSPS) is 11.9. The molecule has 218 valence electrons. The number of carbonyl (C=O) groups is 2. The Bertz CT molecular complexity index is 1650. The molecule has 9 heteroatoms. The summed E-state index contributed by atoms with van der Waals surface area (Å²) in [6, 6.07) is 29.0. The fourth-order valence-electron chi connectivity index (χ4n) is 4.79. The largest absolute Gasteiger partial charge is 0.357 e. The fourth-order valence-corrected chi connectivity index (χ4v) is 6.45. The van der Waals surface area contributed by atoms with Crippen molar-refractivity contribution in [3.63, 3.8) is 0 Å². The Morgan fingerprint density at radius 1 is 0.833 bits per heavy atom. The smallest absolute Gasteiger partial charge is 0.264 e. The minimum atomic E-state index is -4.19. The van der Waals surface area contributed by atoms with Gasteiger partial charge in [0.2, 0.25) is 11.8 Å². The number of hydrogen-bond donors (Lipinski definition) is 1. The number of nitrogens with one attached hydrogen (secondary N) is 1. The first-order valence-electron chi connectivity index (χ1n) is 13.6. The Hall–Kier alpha value is -4.14. The maximum absolute atomic E-state index is 14.4. The molecule has 0 heterocycles. The van der Waals surface area contributed by atoms with E-state index in [1.807, 2.05) is 61.5 Å². The third kappa shape index (κ3) is 7.01. The first kappa shape index (κ1) is 30.8. The van der Waals surface area contributed by atoms with Crippen molar-refractivity contribution in [1.29, 1.82) is 0 Å². The maximum Gasteiger partial charge on any atom is 0.264 e.